The molecule has 17 heavy (non-hydrogen) atoms. The highest BCUT2D eigenvalue weighted by atomic mass is 79.9. The van der Waals surface area contributed by atoms with E-state index in [4.69, 9.17) is 5.11 Å². The van der Waals surface area contributed by atoms with Gasteiger partial charge in [-0.1, -0.05) is 15.9 Å². The number of nitrogens with one attached hydrogen (secondary N) is 1. The SMILES string of the molecule is CC(=O)NC(CC(=O)O)c1cc(Br)ccc1F. The van der Waals surface area contributed by atoms with E-state index in [0.717, 1.165) is 0 Å². The average molecular weight is 304 g/mol. The first kappa shape index (κ1) is 13.6. The number of aliphatic carboxylic acids is 1. The first-order chi connectivity index (χ1) is 7.90. The minimum absolute atomic E-state index is 0.150. The molecule has 0 saturated carbocycles. The fraction of sp³-hybridized carbons (Fsp3) is 0.273. The van der Waals surface area contributed by atoms with E-state index >= 15 is 0 Å². The third-order valence-electron chi connectivity index (χ3n) is 2.09. The van der Waals surface area contributed by atoms with Gasteiger partial charge in [-0.3, -0.25) is 9.59 Å². The number of halogens is 2. The van der Waals surface area contributed by atoms with Crippen molar-refractivity contribution in [3.05, 3.63) is 34.1 Å². The highest BCUT2D eigenvalue weighted by molar-refractivity contribution is 9.10. The zero-order chi connectivity index (χ0) is 13.0. The van der Waals surface area contributed by atoms with Gasteiger partial charge in [0.1, 0.15) is 5.82 Å². The van der Waals surface area contributed by atoms with Crippen LogP contribution in [-0.4, -0.2) is 17.0 Å². The Morgan fingerprint density at radius 1 is 1.53 bits per heavy atom. The molecular weight excluding hydrogens is 293 g/mol. The molecule has 1 atom stereocenters. The molecule has 0 aliphatic rings. The first-order valence-electron chi connectivity index (χ1n) is 4.84. The number of carbonyl (C=O) groups excluding carboxylic acids is 1. The molecule has 1 unspecified atom stereocenters. The zero-order valence-corrected chi connectivity index (χ0v) is 10.6. The van der Waals surface area contributed by atoms with Crippen LogP contribution in [-0.2, 0) is 9.59 Å². The van der Waals surface area contributed by atoms with Crippen molar-refractivity contribution >= 4 is 27.8 Å². The van der Waals surface area contributed by atoms with Crippen LogP contribution in [0.15, 0.2) is 22.7 Å². The Hall–Kier alpha value is -1.43. The third-order valence-corrected chi connectivity index (χ3v) is 2.58. The van der Waals surface area contributed by atoms with Gasteiger partial charge < -0.3 is 10.4 Å². The Morgan fingerprint density at radius 2 is 2.18 bits per heavy atom. The third kappa shape index (κ3) is 4.14. The highest BCUT2D eigenvalue weighted by Crippen LogP contribution is 2.24. The van der Waals surface area contributed by atoms with Crippen LogP contribution < -0.4 is 5.32 Å². The van der Waals surface area contributed by atoms with Gasteiger partial charge in [-0.15, -0.1) is 0 Å². The van der Waals surface area contributed by atoms with Crippen molar-refractivity contribution in [2.75, 3.05) is 0 Å². The Morgan fingerprint density at radius 3 is 2.71 bits per heavy atom. The number of carbonyl (C=O) groups is 2. The van der Waals surface area contributed by atoms with Crippen LogP contribution >= 0.6 is 15.9 Å². The Kier molecular flexibility index (Phi) is 4.62. The number of benzene rings is 1. The molecule has 0 heterocycles. The zero-order valence-electron chi connectivity index (χ0n) is 9.04. The van der Waals surface area contributed by atoms with Gasteiger partial charge in [0.2, 0.25) is 5.91 Å². The second-order valence-electron chi connectivity index (χ2n) is 3.52. The smallest absolute Gasteiger partial charge is 0.305 e. The topological polar surface area (TPSA) is 66.4 Å². The van der Waals surface area contributed by atoms with Gasteiger partial charge in [0.25, 0.3) is 0 Å². The van der Waals surface area contributed by atoms with Crippen LogP contribution in [0, 0.1) is 5.82 Å². The molecule has 1 aromatic rings. The van der Waals surface area contributed by atoms with E-state index in [-0.39, 0.29) is 12.0 Å². The standard InChI is InChI=1S/C11H11BrFNO3/c1-6(15)14-10(5-11(16)17)8-4-7(12)2-3-9(8)13/h2-4,10H,5H2,1H3,(H,14,15)(H,16,17). The minimum atomic E-state index is -1.11. The summed E-state index contributed by atoms with van der Waals surface area (Å²) in [6.45, 7) is 1.25. The van der Waals surface area contributed by atoms with Crippen LogP contribution in [0.2, 0.25) is 0 Å². The van der Waals surface area contributed by atoms with Crippen LogP contribution in [0.25, 0.3) is 0 Å². The summed E-state index contributed by atoms with van der Waals surface area (Å²) in [5.41, 5.74) is 0.150. The number of carboxylic acids is 1. The first-order valence-corrected chi connectivity index (χ1v) is 5.63. The Labute approximate surface area is 106 Å². The van der Waals surface area contributed by atoms with E-state index in [1.165, 1.54) is 25.1 Å². The number of carboxylic acid groups (broad SMARTS) is 1. The van der Waals surface area contributed by atoms with E-state index in [1.54, 1.807) is 0 Å². The number of amides is 1. The van der Waals surface area contributed by atoms with E-state index in [2.05, 4.69) is 21.2 Å². The summed E-state index contributed by atoms with van der Waals surface area (Å²) in [7, 11) is 0. The van der Waals surface area contributed by atoms with Crippen molar-refractivity contribution < 1.29 is 19.1 Å². The van der Waals surface area contributed by atoms with Gasteiger partial charge in [-0.2, -0.15) is 0 Å². The lowest BCUT2D eigenvalue weighted by Crippen LogP contribution is -2.28. The van der Waals surface area contributed by atoms with E-state index in [1.807, 2.05) is 0 Å². The molecule has 0 radical (unpaired) electrons. The second-order valence-corrected chi connectivity index (χ2v) is 4.43. The van der Waals surface area contributed by atoms with Crippen LogP contribution in [0.3, 0.4) is 0 Å². The molecule has 92 valence electrons. The fourth-order valence-electron chi connectivity index (χ4n) is 1.44. The van der Waals surface area contributed by atoms with Crippen LogP contribution in [0.4, 0.5) is 4.39 Å². The number of hydrogen-bond donors (Lipinski definition) is 2. The molecule has 2 N–H and O–H groups in total. The number of rotatable bonds is 4. The minimum Gasteiger partial charge on any atom is -0.481 e. The van der Waals surface area contributed by atoms with Gasteiger partial charge in [0, 0.05) is 17.0 Å². The number of hydrogen-bond acceptors (Lipinski definition) is 2. The van der Waals surface area contributed by atoms with Gasteiger partial charge in [0.05, 0.1) is 12.5 Å². The normalized spacial score (nSPS) is 11.9. The van der Waals surface area contributed by atoms with Gasteiger partial charge in [0.15, 0.2) is 0 Å². The lowest BCUT2D eigenvalue weighted by atomic mass is 10.0. The highest BCUT2D eigenvalue weighted by Gasteiger charge is 2.20. The molecule has 4 nitrogen and oxygen atoms in total. The van der Waals surface area contributed by atoms with Crippen molar-refractivity contribution in [3.63, 3.8) is 0 Å². The molecule has 6 heteroatoms. The molecule has 0 aliphatic carbocycles. The maximum absolute atomic E-state index is 13.6. The molecule has 0 spiro atoms. The summed E-state index contributed by atoms with van der Waals surface area (Å²) in [5.74, 6) is -2.06. The van der Waals surface area contributed by atoms with Crippen LogP contribution in [0.5, 0.6) is 0 Å². The summed E-state index contributed by atoms with van der Waals surface area (Å²) in [5, 5.41) is 11.1. The van der Waals surface area contributed by atoms with E-state index < -0.39 is 23.7 Å². The summed E-state index contributed by atoms with van der Waals surface area (Å²) < 4.78 is 14.2. The molecule has 0 saturated heterocycles. The second kappa shape index (κ2) is 5.77. The summed E-state index contributed by atoms with van der Waals surface area (Å²) in [6.07, 6.45) is -0.368. The summed E-state index contributed by atoms with van der Waals surface area (Å²) in [4.78, 5) is 21.6. The molecule has 0 fully saturated rings. The predicted octanol–water partition coefficient (Wildman–Crippen LogP) is 2.24. The maximum Gasteiger partial charge on any atom is 0.305 e. The Balaban J connectivity index is 3.06. The van der Waals surface area contributed by atoms with Crippen molar-refractivity contribution in [1.82, 2.24) is 5.32 Å². The van der Waals surface area contributed by atoms with Crippen molar-refractivity contribution in [1.29, 1.82) is 0 Å². The van der Waals surface area contributed by atoms with Gasteiger partial charge >= 0.3 is 5.97 Å². The molecule has 1 amide bonds. The molecular formula is C11H11BrFNO3. The van der Waals surface area contributed by atoms with Crippen molar-refractivity contribution in [3.8, 4) is 0 Å². The quantitative estimate of drug-likeness (QED) is 0.896. The fourth-order valence-corrected chi connectivity index (χ4v) is 1.82. The van der Waals surface area contributed by atoms with Gasteiger partial charge in [-0.25, -0.2) is 4.39 Å². The van der Waals surface area contributed by atoms with Crippen molar-refractivity contribution in [2.45, 2.75) is 19.4 Å². The molecule has 0 bridgehead atoms. The summed E-state index contributed by atoms with van der Waals surface area (Å²) in [6, 6.07) is 3.31. The Bertz CT molecular complexity index is 434. The molecule has 1 aromatic carbocycles. The largest absolute Gasteiger partial charge is 0.481 e. The van der Waals surface area contributed by atoms with Crippen LogP contribution in [0.1, 0.15) is 24.9 Å². The lowest BCUT2D eigenvalue weighted by molar-refractivity contribution is -0.137. The summed E-state index contributed by atoms with van der Waals surface area (Å²) >= 11 is 3.17. The molecule has 1 rings (SSSR count). The van der Waals surface area contributed by atoms with E-state index in [9.17, 15) is 14.0 Å². The van der Waals surface area contributed by atoms with Gasteiger partial charge in [-0.05, 0) is 18.2 Å². The monoisotopic (exact) mass is 303 g/mol. The molecule has 0 aromatic heterocycles. The average Bonchev–Trinajstić information content (AvgIpc) is 2.19. The maximum atomic E-state index is 13.6. The van der Waals surface area contributed by atoms with E-state index in [0.29, 0.717) is 4.47 Å². The predicted molar refractivity (Wildman–Crippen MR) is 62.9 cm³/mol. The lowest BCUT2D eigenvalue weighted by Gasteiger charge is -2.17. The molecule has 0 aliphatic heterocycles. The van der Waals surface area contributed by atoms with Crippen molar-refractivity contribution in [2.24, 2.45) is 0 Å².